The van der Waals surface area contributed by atoms with Gasteiger partial charge in [0.05, 0.1) is 0 Å². The van der Waals surface area contributed by atoms with E-state index in [1.54, 1.807) is 0 Å². The number of nitrogens with one attached hydrogen (secondary N) is 2. The number of benzene rings is 2. The second kappa shape index (κ2) is 44.5. The molecular weight excluding hydrogens is 870 g/mol. The Balaban J connectivity index is 0.00000116. The summed E-state index contributed by atoms with van der Waals surface area (Å²) in [5.41, 5.74) is 8.21. The van der Waals surface area contributed by atoms with Gasteiger partial charge in [-0.15, -0.1) is 0 Å². The van der Waals surface area contributed by atoms with E-state index in [1.165, 1.54) is 241 Å². The summed E-state index contributed by atoms with van der Waals surface area (Å²) in [6, 6.07) is 13.3. The number of hydrogen-bond acceptors (Lipinski definition) is 4. The summed E-state index contributed by atoms with van der Waals surface area (Å²) in [6.45, 7) is 9.13. The average Bonchev–Trinajstić information content (AvgIpc) is 3.23. The minimum atomic E-state index is 0. The topological polar surface area (TPSA) is 24.1 Å². The minimum Gasteiger partial charge on any atom is -0.411 e. The third-order valence-electron chi connectivity index (χ3n) is 12.2. The summed E-state index contributed by atoms with van der Waals surface area (Å²) >= 11 is 20.6. The first kappa shape index (κ1) is 60.3. The van der Waals surface area contributed by atoms with Crippen molar-refractivity contribution in [3.05, 3.63) is 58.7 Å². The van der Waals surface area contributed by atoms with E-state index >= 15 is 0 Å². The molecule has 0 fully saturated rings. The molecule has 61 heavy (non-hydrogen) atoms. The maximum Gasteiger partial charge on any atom is 2.00 e. The maximum atomic E-state index is 5.15. The van der Waals surface area contributed by atoms with Crippen LogP contribution in [0.25, 0.3) is 0 Å². The molecule has 7 heteroatoms. The fraction of sp³-hybridized carbons (Fsp3) is 0.741. The van der Waals surface area contributed by atoms with Crippen LogP contribution in [0.4, 0.5) is 11.4 Å². The Hall–Kier alpha value is -0.717. The number of aryl methyl sites for hydroxylation is 2. The molecule has 2 aromatic carbocycles. The maximum absolute atomic E-state index is 5.15. The van der Waals surface area contributed by atoms with Crippen molar-refractivity contribution in [2.45, 2.75) is 259 Å². The second-order valence-corrected chi connectivity index (χ2v) is 19.8. The summed E-state index contributed by atoms with van der Waals surface area (Å²) in [5, 5.41) is 6.53. The van der Waals surface area contributed by atoms with Crippen molar-refractivity contribution in [3.8, 4) is 0 Å². The molecule has 0 atom stereocenters. The van der Waals surface area contributed by atoms with Gasteiger partial charge in [0, 0.05) is 11.4 Å². The molecule has 2 nitrogen and oxygen atoms in total. The van der Waals surface area contributed by atoms with Crippen molar-refractivity contribution >= 4 is 69.7 Å². The first-order chi connectivity index (χ1) is 29.4. The van der Waals surface area contributed by atoms with Crippen LogP contribution in [-0.4, -0.2) is 8.64 Å². The molecule has 344 valence electrons. The van der Waals surface area contributed by atoms with E-state index in [9.17, 15) is 0 Å². The van der Waals surface area contributed by atoms with Crippen LogP contribution in [-0.2, 0) is 70.4 Å². The van der Waals surface area contributed by atoms with Gasteiger partial charge in [0.2, 0.25) is 0 Å². The van der Waals surface area contributed by atoms with Gasteiger partial charge in [0.15, 0.2) is 0 Å². The Labute approximate surface area is 414 Å². The molecule has 0 heterocycles. The molecule has 0 aliphatic carbocycles. The van der Waals surface area contributed by atoms with Crippen LogP contribution < -0.4 is 10.6 Å². The first-order valence-electron chi connectivity index (χ1n) is 25.5. The van der Waals surface area contributed by atoms with Crippen molar-refractivity contribution in [2.75, 3.05) is 10.6 Å². The van der Waals surface area contributed by atoms with Crippen molar-refractivity contribution < 1.29 is 19.5 Å². The molecule has 0 bridgehead atoms. The van der Waals surface area contributed by atoms with E-state index < -0.39 is 0 Å². The van der Waals surface area contributed by atoms with Gasteiger partial charge in [-0.05, 0) is 85.8 Å². The van der Waals surface area contributed by atoms with Gasteiger partial charge < -0.3 is 60.3 Å². The normalized spacial score (nSPS) is 10.8. The molecule has 0 radical (unpaired) electrons. The second-order valence-electron chi connectivity index (χ2n) is 17.6. The zero-order valence-corrected chi connectivity index (χ0v) is 46.5. The van der Waals surface area contributed by atoms with E-state index in [4.69, 9.17) is 49.7 Å². The summed E-state index contributed by atoms with van der Waals surface area (Å²) in [6.07, 6.45) is 48.3. The molecule has 0 aliphatic rings. The van der Waals surface area contributed by atoms with Gasteiger partial charge in [-0.3, -0.25) is 0 Å². The Kier molecular flexibility index (Phi) is 44.0. The molecule has 0 unspecified atom stereocenters. The first-order valence-corrected chi connectivity index (χ1v) is 27.2. The quantitative estimate of drug-likeness (QED) is 0.0301. The third-order valence-corrected chi connectivity index (χ3v) is 12.6. The van der Waals surface area contributed by atoms with Crippen LogP contribution in [0, 0.1) is 0 Å². The fourth-order valence-electron chi connectivity index (χ4n) is 8.55. The molecule has 2 aromatic rings. The Morgan fingerprint density at radius 3 is 0.836 bits per heavy atom. The van der Waals surface area contributed by atoms with Crippen LogP contribution in [0.3, 0.4) is 0 Å². The molecule has 0 saturated carbocycles. The number of rotatable bonds is 38. The SMILES string of the molecule is CCCCCCCCCCc1cccc(NC(=S)[S-])c1CCCCCCCCCC.CCCCCCCCCCc1cccc(NC(=S)[S-])c1CCCCCCCCCC.[Zn+2]. The van der Waals surface area contributed by atoms with Crippen LogP contribution in [0.2, 0.25) is 0 Å². The van der Waals surface area contributed by atoms with Gasteiger partial charge in [-0.1, -0.05) is 240 Å². The van der Waals surface area contributed by atoms with E-state index in [0.29, 0.717) is 8.64 Å². The van der Waals surface area contributed by atoms with Gasteiger partial charge in [-0.25, -0.2) is 0 Å². The van der Waals surface area contributed by atoms with Gasteiger partial charge in [0.1, 0.15) is 0 Å². The van der Waals surface area contributed by atoms with E-state index in [0.717, 1.165) is 24.2 Å². The summed E-state index contributed by atoms with van der Waals surface area (Å²) < 4.78 is 0.910. The summed E-state index contributed by atoms with van der Waals surface area (Å²) in [7, 11) is 0. The zero-order chi connectivity index (χ0) is 43.7. The monoisotopic (exact) mass is 961 g/mol. The van der Waals surface area contributed by atoms with Crippen LogP contribution >= 0.6 is 24.4 Å². The van der Waals surface area contributed by atoms with Gasteiger partial charge in [-0.2, -0.15) is 0 Å². The molecule has 2 N–H and O–H groups in total. The molecule has 0 aliphatic heterocycles. The van der Waals surface area contributed by atoms with Crippen molar-refractivity contribution in [3.63, 3.8) is 0 Å². The summed E-state index contributed by atoms with van der Waals surface area (Å²) in [4.78, 5) is 0. The Bertz CT molecular complexity index is 1220. The van der Waals surface area contributed by atoms with E-state index in [-0.39, 0.29) is 19.5 Å². The van der Waals surface area contributed by atoms with Gasteiger partial charge >= 0.3 is 19.5 Å². The van der Waals surface area contributed by atoms with Crippen LogP contribution in [0.5, 0.6) is 0 Å². The number of thiocarbonyl (C=S) groups is 2. The predicted molar refractivity (Wildman–Crippen MR) is 285 cm³/mol. The molecule has 2 rings (SSSR count). The molecule has 0 spiro atoms. The van der Waals surface area contributed by atoms with Crippen LogP contribution in [0.15, 0.2) is 36.4 Å². The standard InChI is InChI=1S/2C27H47NS2.Zn/c2*1-3-5-7-9-11-13-15-17-20-24-21-19-23-26(28-27(29)30)25(24)22-18-16-14-12-10-8-6-4-2;/h2*19,21,23H,3-18,20,22H2,1-2H3,(H2,28,29,30);/q;;+2/p-2. The van der Waals surface area contributed by atoms with Crippen LogP contribution in [0.1, 0.15) is 255 Å². The molecular formula is C54H92N2S4Zn. The van der Waals surface area contributed by atoms with Crippen molar-refractivity contribution in [1.82, 2.24) is 0 Å². The molecule has 0 amide bonds. The number of hydrogen-bond donors (Lipinski definition) is 2. The summed E-state index contributed by atoms with van der Waals surface area (Å²) in [5.74, 6) is 0. The number of anilines is 2. The van der Waals surface area contributed by atoms with E-state index in [2.05, 4.69) is 74.7 Å². The average molecular weight is 963 g/mol. The third kappa shape index (κ3) is 34.3. The van der Waals surface area contributed by atoms with Crippen molar-refractivity contribution in [2.24, 2.45) is 0 Å². The smallest absolute Gasteiger partial charge is 0.411 e. The zero-order valence-electron chi connectivity index (χ0n) is 40.3. The minimum absolute atomic E-state index is 0. The molecule has 0 aromatic heterocycles. The fourth-order valence-corrected chi connectivity index (χ4v) is 8.99. The Morgan fingerprint density at radius 2 is 0.590 bits per heavy atom. The van der Waals surface area contributed by atoms with Gasteiger partial charge in [0.25, 0.3) is 0 Å². The van der Waals surface area contributed by atoms with E-state index in [1.807, 2.05) is 0 Å². The van der Waals surface area contributed by atoms with Crippen molar-refractivity contribution in [1.29, 1.82) is 0 Å². The Morgan fingerprint density at radius 1 is 0.361 bits per heavy atom. The largest absolute Gasteiger partial charge is 2.00 e. The number of unbranched alkanes of at least 4 members (excludes halogenated alkanes) is 28. The predicted octanol–water partition coefficient (Wildman–Crippen LogP) is 18.6. The molecule has 0 saturated heterocycles.